The number of nitrogens with zero attached hydrogens (tertiary/aromatic N) is 2. The fourth-order valence-electron chi connectivity index (χ4n) is 3.00. The van der Waals surface area contributed by atoms with Gasteiger partial charge < -0.3 is 9.80 Å². The molecule has 1 fully saturated rings. The highest BCUT2D eigenvalue weighted by atomic mass is 32.2. The monoisotopic (exact) mass is 360 g/mol. The van der Waals surface area contributed by atoms with Crippen molar-refractivity contribution in [2.75, 3.05) is 44.4 Å². The second kappa shape index (κ2) is 7.56. The molecule has 0 saturated carbocycles. The van der Waals surface area contributed by atoms with Crippen molar-refractivity contribution in [2.24, 2.45) is 0 Å². The summed E-state index contributed by atoms with van der Waals surface area (Å²) in [6.45, 7) is 4.24. The van der Waals surface area contributed by atoms with Crippen LogP contribution in [0.25, 0.3) is 11.1 Å². The molecule has 0 N–H and O–H groups in total. The Morgan fingerprint density at radius 2 is 1.60 bits per heavy atom. The lowest BCUT2D eigenvalue weighted by Gasteiger charge is -2.35. The van der Waals surface area contributed by atoms with E-state index in [1.54, 1.807) is 0 Å². The van der Waals surface area contributed by atoms with Crippen LogP contribution in [-0.4, -0.2) is 52.8 Å². The third-order valence-electron chi connectivity index (χ3n) is 4.45. The molecule has 0 amide bonds. The van der Waals surface area contributed by atoms with E-state index in [4.69, 9.17) is 4.18 Å². The van der Waals surface area contributed by atoms with Crippen LogP contribution in [0.15, 0.2) is 48.5 Å². The van der Waals surface area contributed by atoms with E-state index in [9.17, 15) is 8.42 Å². The number of para-hydroxylation sites is 1. The van der Waals surface area contributed by atoms with E-state index in [1.165, 1.54) is 11.3 Å². The number of anilines is 1. The Balaban J connectivity index is 1.80. The van der Waals surface area contributed by atoms with E-state index in [1.807, 2.05) is 24.3 Å². The molecular weight excluding hydrogens is 336 g/mol. The minimum absolute atomic E-state index is 0.0687. The first-order chi connectivity index (χ1) is 11.9. The number of hydrogen-bond acceptors (Lipinski definition) is 5. The molecule has 1 saturated heterocycles. The minimum atomic E-state index is -3.42. The van der Waals surface area contributed by atoms with Gasteiger partial charge >= 0.3 is 0 Å². The van der Waals surface area contributed by atoms with E-state index < -0.39 is 10.1 Å². The maximum absolute atomic E-state index is 11.1. The molecule has 0 aliphatic carbocycles. The number of piperazine rings is 1. The molecule has 2 aromatic rings. The molecule has 0 unspecified atom stereocenters. The Labute approximate surface area is 150 Å². The van der Waals surface area contributed by atoms with Gasteiger partial charge in [-0.2, -0.15) is 8.42 Å². The smallest absolute Gasteiger partial charge is 0.264 e. The molecule has 0 aromatic heterocycles. The van der Waals surface area contributed by atoms with E-state index in [-0.39, 0.29) is 6.61 Å². The van der Waals surface area contributed by atoms with Crippen LogP contribution in [0.1, 0.15) is 5.56 Å². The third-order valence-corrected chi connectivity index (χ3v) is 5.00. The molecule has 2 aromatic carbocycles. The molecule has 25 heavy (non-hydrogen) atoms. The summed E-state index contributed by atoms with van der Waals surface area (Å²) in [6.07, 6.45) is 1.06. The van der Waals surface area contributed by atoms with Gasteiger partial charge in [0, 0.05) is 37.4 Å². The first-order valence-electron chi connectivity index (χ1n) is 8.38. The fraction of sp³-hybridized carbons (Fsp3) is 0.368. The Hall–Kier alpha value is -1.89. The number of rotatable bonds is 5. The van der Waals surface area contributed by atoms with Crippen LogP contribution in [0.5, 0.6) is 0 Å². The predicted octanol–water partition coefficient (Wildman–Crippen LogP) is 2.58. The van der Waals surface area contributed by atoms with Crippen LogP contribution < -0.4 is 4.90 Å². The van der Waals surface area contributed by atoms with Gasteiger partial charge in [0.2, 0.25) is 0 Å². The van der Waals surface area contributed by atoms with E-state index in [2.05, 4.69) is 41.1 Å². The van der Waals surface area contributed by atoms with Crippen molar-refractivity contribution >= 4 is 15.8 Å². The lowest BCUT2D eigenvalue weighted by Crippen LogP contribution is -2.44. The maximum atomic E-state index is 11.1. The average molecular weight is 360 g/mol. The molecule has 1 aliphatic rings. The van der Waals surface area contributed by atoms with Gasteiger partial charge in [-0.1, -0.05) is 42.5 Å². The van der Waals surface area contributed by atoms with Crippen LogP contribution in [0.4, 0.5) is 5.69 Å². The van der Waals surface area contributed by atoms with Gasteiger partial charge in [0.25, 0.3) is 10.1 Å². The summed E-state index contributed by atoms with van der Waals surface area (Å²) in [6, 6.07) is 16.3. The summed E-state index contributed by atoms with van der Waals surface area (Å²) < 4.78 is 27.1. The molecule has 3 rings (SSSR count). The topological polar surface area (TPSA) is 49.9 Å². The third kappa shape index (κ3) is 4.81. The first kappa shape index (κ1) is 17.9. The molecule has 1 heterocycles. The molecule has 0 spiro atoms. The van der Waals surface area contributed by atoms with Crippen molar-refractivity contribution < 1.29 is 12.6 Å². The zero-order valence-corrected chi connectivity index (χ0v) is 15.5. The van der Waals surface area contributed by atoms with Crippen LogP contribution >= 0.6 is 0 Å². The molecule has 0 bridgehead atoms. The normalized spacial score (nSPS) is 16.2. The number of benzene rings is 2. The van der Waals surface area contributed by atoms with Crippen LogP contribution in [0.3, 0.4) is 0 Å². The quantitative estimate of drug-likeness (QED) is 0.767. The zero-order valence-electron chi connectivity index (χ0n) is 14.7. The highest BCUT2D eigenvalue weighted by molar-refractivity contribution is 7.85. The number of likely N-dealkylation sites (N-methyl/N-ethyl adjacent to an activating group) is 1. The van der Waals surface area contributed by atoms with Crippen molar-refractivity contribution in [3.63, 3.8) is 0 Å². The van der Waals surface area contributed by atoms with Gasteiger partial charge in [0.1, 0.15) is 0 Å². The highest BCUT2D eigenvalue weighted by Gasteiger charge is 2.17. The highest BCUT2D eigenvalue weighted by Crippen LogP contribution is 2.31. The van der Waals surface area contributed by atoms with Crippen LogP contribution in [0.2, 0.25) is 0 Å². The largest absolute Gasteiger partial charge is 0.368 e. The molecular formula is C19H24N2O3S. The Morgan fingerprint density at radius 1 is 0.960 bits per heavy atom. The Morgan fingerprint density at radius 3 is 2.24 bits per heavy atom. The number of hydrogen-bond donors (Lipinski definition) is 0. The predicted molar refractivity (Wildman–Crippen MR) is 101 cm³/mol. The lowest BCUT2D eigenvalue weighted by atomic mass is 10.0. The van der Waals surface area contributed by atoms with E-state index in [0.29, 0.717) is 0 Å². The first-order valence-corrected chi connectivity index (χ1v) is 10.2. The fourth-order valence-corrected chi connectivity index (χ4v) is 3.35. The van der Waals surface area contributed by atoms with Crippen molar-refractivity contribution in [1.29, 1.82) is 0 Å². The van der Waals surface area contributed by atoms with Gasteiger partial charge in [-0.05, 0) is 24.2 Å². The SMILES string of the molecule is CN1CCN(c2ccccc2-c2ccc(COS(C)(=O)=O)cc2)CC1. The summed E-state index contributed by atoms with van der Waals surface area (Å²) in [5, 5.41) is 0. The Kier molecular flexibility index (Phi) is 5.42. The summed E-state index contributed by atoms with van der Waals surface area (Å²) in [5.41, 5.74) is 4.40. The van der Waals surface area contributed by atoms with Crippen molar-refractivity contribution in [3.8, 4) is 11.1 Å². The van der Waals surface area contributed by atoms with Crippen molar-refractivity contribution in [1.82, 2.24) is 4.90 Å². The summed E-state index contributed by atoms with van der Waals surface area (Å²) in [7, 11) is -1.27. The minimum Gasteiger partial charge on any atom is -0.368 e. The van der Waals surface area contributed by atoms with Crippen molar-refractivity contribution in [2.45, 2.75) is 6.61 Å². The molecule has 0 radical (unpaired) electrons. The molecule has 0 atom stereocenters. The summed E-state index contributed by atoms with van der Waals surface area (Å²) >= 11 is 0. The lowest BCUT2D eigenvalue weighted by molar-refractivity contribution is 0.311. The Bertz CT molecular complexity index is 811. The van der Waals surface area contributed by atoms with Gasteiger partial charge in [0.05, 0.1) is 12.9 Å². The standard InChI is InChI=1S/C19H24N2O3S/c1-20-11-13-21(14-12-20)19-6-4-3-5-18(19)17-9-7-16(8-10-17)15-24-25(2,22)23/h3-10H,11-15H2,1-2H3. The molecule has 5 nitrogen and oxygen atoms in total. The van der Waals surface area contributed by atoms with Gasteiger partial charge in [-0.3, -0.25) is 4.18 Å². The van der Waals surface area contributed by atoms with Gasteiger partial charge in [-0.25, -0.2) is 0 Å². The van der Waals surface area contributed by atoms with Gasteiger partial charge in [-0.15, -0.1) is 0 Å². The molecule has 6 heteroatoms. The maximum Gasteiger partial charge on any atom is 0.264 e. The molecule has 134 valence electrons. The van der Waals surface area contributed by atoms with E-state index >= 15 is 0 Å². The average Bonchev–Trinajstić information content (AvgIpc) is 2.61. The summed E-state index contributed by atoms with van der Waals surface area (Å²) in [4.78, 5) is 4.77. The second-order valence-electron chi connectivity index (χ2n) is 6.47. The summed E-state index contributed by atoms with van der Waals surface area (Å²) in [5.74, 6) is 0. The van der Waals surface area contributed by atoms with Crippen LogP contribution in [0, 0.1) is 0 Å². The molecule has 1 aliphatic heterocycles. The van der Waals surface area contributed by atoms with Crippen LogP contribution in [-0.2, 0) is 20.9 Å². The van der Waals surface area contributed by atoms with Gasteiger partial charge in [0.15, 0.2) is 0 Å². The van der Waals surface area contributed by atoms with Crippen molar-refractivity contribution in [3.05, 3.63) is 54.1 Å². The zero-order chi connectivity index (χ0) is 17.9. The second-order valence-corrected chi connectivity index (χ2v) is 8.11. The van der Waals surface area contributed by atoms with E-state index in [0.717, 1.165) is 43.6 Å².